The summed E-state index contributed by atoms with van der Waals surface area (Å²) in [5, 5.41) is 0. The van der Waals surface area contributed by atoms with E-state index >= 15 is 0 Å². The Balaban J connectivity index is 2.05. The number of Topliss-reactive ketones (excluding diaryl/α,β-unsaturated/α-hetero) is 1. The summed E-state index contributed by atoms with van der Waals surface area (Å²) in [5.74, 6) is 1.17. The predicted molar refractivity (Wildman–Crippen MR) is 107 cm³/mol. The number of carbonyl (C=O) groups is 2. The van der Waals surface area contributed by atoms with Crippen LogP contribution in [0.5, 0.6) is 23.0 Å². The van der Waals surface area contributed by atoms with Gasteiger partial charge in [-0.25, -0.2) is 0 Å². The molecule has 0 aliphatic carbocycles. The van der Waals surface area contributed by atoms with Gasteiger partial charge in [0.25, 0.3) is 0 Å². The number of methoxy groups -OCH3 is 3. The number of benzene rings is 2. The molecule has 0 fully saturated rings. The molecule has 0 bridgehead atoms. The number of hydrogen-bond acceptors (Lipinski definition) is 7. The minimum absolute atomic E-state index is 0.0440. The quantitative estimate of drug-likeness (QED) is 0.445. The first-order valence-electron chi connectivity index (χ1n) is 9.18. The van der Waals surface area contributed by atoms with Crippen molar-refractivity contribution in [2.45, 2.75) is 26.4 Å². The fraction of sp³-hybridized carbons (Fsp3) is 0.364. The lowest BCUT2D eigenvalue weighted by Gasteiger charge is -2.15. The van der Waals surface area contributed by atoms with E-state index in [0.29, 0.717) is 40.7 Å². The van der Waals surface area contributed by atoms with Crippen LogP contribution < -0.4 is 18.9 Å². The summed E-state index contributed by atoms with van der Waals surface area (Å²) in [7, 11) is 4.50. The first-order chi connectivity index (χ1) is 13.9. The van der Waals surface area contributed by atoms with Crippen molar-refractivity contribution in [3.63, 3.8) is 0 Å². The Hall–Kier alpha value is -3.22. The van der Waals surface area contributed by atoms with Gasteiger partial charge in [-0.15, -0.1) is 0 Å². The molecule has 0 N–H and O–H groups in total. The second-order valence-electron chi connectivity index (χ2n) is 6.16. The van der Waals surface area contributed by atoms with Crippen LogP contribution in [0.25, 0.3) is 0 Å². The maximum atomic E-state index is 12.5. The predicted octanol–water partition coefficient (Wildman–Crippen LogP) is 3.47. The van der Waals surface area contributed by atoms with Crippen LogP contribution in [-0.4, -0.2) is 45.8 Å². The highest BCUT2D eigenvalue weighted by molar-refractivity contribution is 6.00. The van der Waals surface area contributed by atoms with Crippen molar-refractivity contribution in [2.75, 3.05) is 27.9 Å². The molecule has 156 valence electrons. The molecule has 29 heavy (non-hydrogen) atoms. The molecule has 0 spiro atoms. The third-order valence-corrected chi connectivity index (χ3v) is 4.20. The zero-order chi connectivity index (χ0) is 21.4. The van der Waals surface area contributed by atoms with Gasteiger partial charge in [-0.3, -0.25) is 9.59 Å². The molecular formula is C22H26O7. The van der Waals surface area contributed by atoms with Gasteiger partial charge in [0, 0.05) is 5.56 Å². The maximum Gasteiger partial charge on any atom is 0.310 e. The fourth-order valence-corrected chi connectivity index (χ4v) is 2.81. The molecule has 0 amide bonds. The number of ketones is 1. The Morgan fingerprint density at radius 3 is 2.00 bits per heavy atom. The molecule has 2 aromatic carbocycles. The normalized spacial score (nSPS) is 11.3. The van der Waals surface area contributed by atoms with Gasteiger partial charge in [0.1, 0.15) is 5.75 Å². The summed E-state index contributed by atoms with van der Waals surface area (Å²) < 4.78 is 26.5. The number of hydrogen-bond donors (Lipinski definition) is 0. The van der Waals surface area contributed by atoms with E-state index in [1.54, 1.807) is 43.3 Å². The van der Waals surface area contributed by atoms with Crippen molar-refractivity contribution in [2.24, 2.45) is 0 Å². The average Bonchev–Trinajstić information content (AvgIpc) is 2.73. The molecule has 0 aromatic heterocycles. The van der Waals surface area contributed by atoms with E-state index in [4.69, 9.17) is 23.7 Å². The van der Waals surface area contributed by atoms with Gasteiger partial charge < -0.3 is 23.7 Å². The lowest BCUT2D eigenvalue weighted by molar-refractivity contribution is -0.145. The van der Waals surface area contributed by atoms with Gasteiger partial charge in [-0.2, -0.15) is 0 Å². The van der Waals surface area contributed by atoms with Crippen LogP contribution in [-0.2, 0) is 16.0 Å². The minimum atomic E-state index is -0.914. The van der Waals surface area contributed by atoms with Crippen molar-refractivity contribution in [3.8, 4) is 23.0 Å². The van der Waals surface area contributed by atoms with Crippen molar-refractivity contribution >= 4 is 11.8 Å². The van der Waals surface area contributed by atoms with Crippen LogP contribution in [0.4, 0.5) is 0 Å². The summed E-state index contributed by atoms with van der Waals surface area (Å²) in [4.78, 5) is 24.9. The van der Waals surface area contributed by atoms with Crippen molar-refractivity contribution in [1.29, 1.82) is 0 Å². The zero-order valence-corrected chi connectivity index (χ0v) is 17.3. The molecule has 0 saturated carbocycles. The Labute approximate surface area is 170 Å². The lowest BCUT2D eigenvalue weighted by Crippen LogP contribution is -2.25. The summed E-state index contributed by atoms with van der Waals surface area (Å²) in [5.41, 5.74) is 1.06. The van der Waals surface area contributed by atoms with Crippen LogP contribution in [0, 0.1) is 0 Å². The Kier molecular flexibility index (Phi) is 7.88. The summed E-state index contributed by atoms with van der Waals surface area (Å²) in [6.07, 6.45) is -0.958. The van der Waals surface area contributed by atoms with Crippen molar-refractivity contribution < 1.29 is 33.3 Å². The topological polar surface area (TPSA) is 80.3 Å². The first kappa shape index (κ1) is 22.1. The van der Waals surface area contributed by atoms with Crippen LogP contribution in [0.1, 0.15) is 29.8 Å². The Morgan fingerprint density at radius 1 is 0.931 bits per heavy atom. The van der Waals surface area contributed by atoms with E-state index in [1.165, 1.54) is 21.3 Å². The van der Waals surface area contributed by atoms with Crippen LogP contribution in [0.3, 0.4) is 0 Å². The Morgan fingerprint density at radius 2 is 1.52 bits per heavy atom. The molecule has 2 rings (SSSR count). The number of esters is 1. The minimum Gasteiger partial charge on any atom is -0.494 e. The van der Waals surface area contributed by atoms with Gasteiger partial charge in [-0.05, 0) is 55.8 Å². The van der Waals surface area contributed by atoms with Crippen molar-refractivity contribution in [3.05, 3.63) is 47.5 Å². The zero-order valence-electron chi connectivity index (χ0n) is 17.3. The second-order valence-corrected chi connectivity index (χ2v) is 6.16. The van der Waals surface area contributed by atoms with Gasteiger partial charge in [0.2, 0.25) is 11.5 Å². The van der Waals surface area contributed by atoms with E-state index in [1.807, 2.05) is 6.92 Å². The lowest BCUT2D eigenvalue weighted by atomic mass is 10.1. The van der Waals surface area contributed by atoms with E-state index in [0.717, 1.165) is 0 Å². The summed E-state index contributed by atoms with van der Waals surface area (Å²) in [6, 6.07) is 10.1. The third-order valence-electron chi connectivity index (χ3n) is 4.20. The van der Waals surface area contributed by atoms with Crippen molar-refractivity contribution in [1.82, 2.24) is 0 Å². The van der Waals surface area contributed by atoms with Crippen LogP contribution >= 0.6 is 0 Å². The molecule has 0 aliphatic heterocycles. The molecule has 0 aliphatic rings. The molecular weight excluding hydrogens is 376 g/mol. The van der Waals surface area contributed by atoms with Gasteiger partial charge in [0.05, 0.1) is 34.4 Å². The van der Waals surface area contributed by atoms with Crippen LogP contribution in [0.15, 0.2) is 36.4 Å². The fourth-order valence-electron chi connectivity index (χ4n) is 2.81. The van der Waals surface area contributed by atoms with Crippen LogP contribution in [0.2, 0.25) is 0 Å². The molecule has 0 heterocycles. The highest BCUT2D eigenvalue weighted by atomic mass is 16.5. The summed E-state index contributed by atoms with van der Waals surface area (Å²) >= 11 is 0. The summed E-state index contributed by atoms with van der Waals surface area (Å²) in [6.45, 7) is 3.97. The first-order valence-corrected chi connectivity index (χ1v) is 9.18. The SMILES string of the molecule is CCOc1ccc(C(=O)[C@H](C)OC(=O)Cc2cc(OC)c(OC)c(OC)c2)cc1. The smallest absolute Gasteiger partial charge is 0.310 e. The van der Waals surface area contributed by atoms with E-state index < -0.39 is 12.1 Å². The molecule has 0 saturated heterocycles. The third kappa shape index (κ3) is 5.63. The molecule has 7 nitrogen and oxygen atoms in total. The average molecular weight is 402 g/mol. The highest BCUT2D eigenvalue weighted by Gasteiger charge is 2.21. The Bertz CT molecular complexity index is 818. The molecule has 2 aromatic rings. The molecule has 1 atom stereocenters. The maximum absolute atomic E-state index is 12.5. The monoisotopic (exact) mass is 402 g/mol. The number of rotatable bonds is 10. The van der Waals surface area contributed by atoms with Gasteiger partial charge >= 0.3 is 5.97 Å². The van der Waals surface area contributed by atoms with E-state index in [9.17, 15) is 9.59 Å². The molecule has 7 heteroatoms. The number of ether oxygens (including phenoxy) is 5. The molecule has 0 radical (unpaired) electrons. The highest BCUT2D eigenvalue weighted by Crippen LogP contribution is 2.38. The van der Waals surface area contributed by atoms with E-state index in [2.05, 4.69) is 0 Å². The van der Waals surface area contributed by atoms with Gasteiger partial charge in [0.15, 0.2) is 17.6 Å². The molecule has 0 unspecified atom stereocenters. The van der Waals surface area contributed by atoms with E-state index in [-0.39, 0.29) is 12.2 Å². The standard InChI is InChI=1S/C22H26O7/c1-6-28-17-9-7-16(8-10-17)21(24)14(2)29-20(23)13-15-11-18(25-3)22(27-5)19(12-15)26-4/h7-12,14H,6,13H2,1-5H3/t14-/m0/s1. The second kappa shape index (κ2) is 10.4. The van der Waals surface area contributed by atoms with Gasteiger partial charge in [-0.1, -0.05) is 0 Å². The number of carbonyl (C=O) groups excluding carboxylic acids is 2. The largest absolute Gasteiger partial charge is 0.494 e.